The van der Waals surface area contributed by atoms with Crippen molar-refractivity contribution in [2.45, 2.75) is 37.5 Å². The van der Waals surface area contributed by atoms with Gasteiger partial charge in [-0.25, -0.2) is 9.97 Å². The number of amides is 1. The molecule has 1 fully saturated rings. The number of benzene rings is 2. The van der Waals surface area contributed by atoms with Crippen LogP contribution in [0.4, 0.5) is 5.82 Å². The third kappa shape index (κ3) is 3.55. The zero-order valence-corrected chi connectivity index (χ0v) is 21.0. The van der Waals surface area contributed by atoms with E-state index in [-0.39, 0.29) is 11.3 Å². The summed E-state index contributed by atoms with van der Waals surface area (Å²) in [6.07, 6.45) is 10.7. The van der Waals surface area contributed by atoms with Gasteiger partial charge in [-0.1, -0.05) is 55.7 Å². The molecule has 0 spiro atoms. The van der Waals surface area contributed by atoms with Crippen molar-refractivity contribution in [1.29, 1.82) is 0 Å². The molecule has 0 radical (unpaired) electrons. The molecule has 6 aromatic rings. The number of H-pyrrole nitrogens is 2. The van der Waals surface area contributed by atoms with E-state index in [1.807, 2.05) is 42.6 Å². The highest BCUT2D eigenvalue weighted by Crippen LogP contribution is 2.41. The van der Waals surface area contributed by atoms with E-state index in [0.29, 0.717) is 17.9 Å². The van der Waals surface area contributed by atoms with Crippen LogP contribution in [0.25, 0.3) is 38.7 Å². The molecule has 1 saturated carbocycles. The lowest BCUT2D eigenvalue weighted by Gasteiger charge is -2.36. The maximum atomic E-state index is 13.4. The normalized spacial score (nSPS) is 15.4. The maximum absolute atomic E-state index is 13.4. The molecule has 1 aliphatic rings. The van der Waals surface area contributed by atoms with Crippen LogP contribution in [0.3, 0.4) is 0 Å². The van der Waals surface area contributed by atoms with Crippen molar-refractivity contribution in [2.75, 3.05) is 12.3 Å². The molecule has 0 atom stereocenters. The van der Waals surface area contributed by atoms with E-state index in [0.717, 1.165) is 70.2 Å². The molecule has 190 valence electrons. The lowest BCUT2D eigenvalue weighted by molar-refractivity contribution is 0.0936. The molecule has 5 N–H and O–H groups in total. The number of anilines is 1. The second-order valence-electron chi connectivity index (χ2n) is 10.4. The number of nitrogens with two attached hydrogens (primary N) is 1. The quantitative estimate of drug-likeness (QED) is 0.246. The summed E-state index contributed by atoms with van der Waals surface area (Å²) in [7, 11) is 0. The molecule has 0 unspecified atom stereocenters. The number of fused-ring (bicyclic) bond motifs is 3. The van der Waals surface area contributed by atoms with Crippen LogP contribution in [0.5, 0.6) is 0 Å². The Bertz CT molecular complexity index is 1770. The summed E-state index contributed by atoms with van der Waals surface area (Å²) in [5.41, 5.74) is 11.3. The molecule has 2 aromatic carbocycles. The first-order valence-electron chi connectivity index (χ1n) is 13.2. The van der Waals surface area contributed by atoms with Gasteiger partial charge in [0.1, 0.15) is 22.9 Å². The summed E-state index contributed by atoms with van der Waals surface area (Å²) in [5.74, 6) is 1.29. The first-order valence-corrected chi connectivity index (χ1v) is 13.2. The fourth-order valence-electron chi connectivity index (χ4n) is 6.14. The second-order valence-corrected chi connectivity index (χ2v) is 10.4. The Hall–Kier alpha value is -4.59. The van der Waals surface area contributed by atoms with E-state index < -0.39 is 0 Å². The number of imidazole rings is 1. The summed E-state index contributed by atoms with van der Waals surface area (Å²) >= 11 is 0. The number of nitrogens with zero attached hydrogens (tertiary/aromatic N) is 3. The fraction of sp³-hybridized carbons (Fsp3) is 0.233. The van der Waals surface area contributed by atoms with Gasteiger partial charge in [0.05, 0.1) is 11.3 Å². The number of para-hydroxylation sites is 2. The fourth-order valence-corrected chi connectivity index (χ4v) is 6.14. The number of nitrogens with one attached hydrogen (secondary N) is 3. The average Bonchev–Trinajstić information content (AvgIpc) is 3.68. The Labute approximate surface area is 219 Å². The molecular formula is C30H29N7O. The largest absolute Gasteiger partial charge is 0.382 e. The van der Waals surface area contributed by atoms with Crippen molar-refractivity contribution in [2.24, 2.45) is 0 Å². The van der Waals surface area contributed by atoms with Crippen LogP contribution >= 0.6 is 0 Å². The number of rotatable bonds is 5. The minimum Gasteiger partial charge on any atom is -0.382 e. The molecule has 4 aromatic heterocycles. The van der Waals surface area contributed by atoms with Gasteiger partial charge in [-0.15, -0.1) is 0 Å². The predicted octanol–water partition coefficient (Wildman–Crippen LogP) is 5.57. The van der Waals surface area contributed by atoms with Crippen LogP contribution in [0.1, 0.15) is 48.3 Å². The molecule has 4 heterocycles. The first-order chi connectivity index (χ1) is 18.6. The average molecular weight is 504 g/mol. The molecular weight excluding hydrogens is 474 g/mol. The van der Waals surface area contributed by atoms with Gasteiger partial charge in [-0.05, 0) is 31.0 Å². The van der Waals surface area contributed by atoms with Crippen molar-refractivity contribution in [3.05, 3.63) is 84.6 Å². The van der Waals surface area contributed by atoms with Gasteiger partial charge >= 0.3 is 0 Å². The lowest BCUT2D eigenvalue weighted by atomic mass is 9.73. The minimum atomic E-state index is -0.318. The zero-order valence-electron chi connectivity index (χ0n) is 21.0. The van der Waals surface area contributed by atoms with Crippen molar-refractivity contribution in [3.63, 3.8) is 0 Å². The number of carbonyl (C=O) groups is 1. The lowest BCUT2D eigenvalue weighted by Crippen LogP contribution is -2.43. The van der Waals surface area contributed by atoms with Gasteiger partial charge in [0.15, 0.2) is 0 Å². The van der Waals surface area contributed by atoms with Gasteiger partial charge in [0, 0.05) is 52.4 Å². The van der Waals surface area contributed by atoms with Crippen molar-refractivity contribution in [1.82, 2.24) is 29.7 Å². The van der Waals surface area contributed by atoms with Gasteiger partial charge in [0.2, 0.25) is 0 Å². The summed E-state index contributed by atoms with van der Waals surface area (Å²) in [5, 5.41) is 5.31. The van der Waals surface area contributed by atoms with E-state index in [1.165, 1.54) is 6.42 Å². The smallest absolute Gasteiger partial charge is 0.253 e. The highest BCUT2D eigenvalue weighted by atomic mass is 16.1. The third-order valence-electron chi connectivity index (χ3n) is 8.07. The van der Waals surface area contributed by atoms with Gasteiger partial charge in [0.25, 0.3) is 5.91 Å². The van der Waals surface area contributed by atoms with Gasteiger partial charge in [-0.3, -0.25) is 9.20 Å². The molecule has 8 heteroatoms. The van der Waals surface area contributed by atoms with E-state index in [4.69, 9.17) is 10.7 Å². The van der Waals surface area contributed by atoms with Crippen LogP contribution in [-0.4, -0.2) is 36.8 Å². The predicted molar refractivity (Wildman–Crippen MR) is 150 cm³/mol. The van der Waals surface area contributed by atoms with Crippen LogP contribution in [0.15, 0.2) is 73.2 Å². The summed E-state index contributed by atoms with van der Waals surface area (Å²) in [4.78, 5) is 29.8. The number of hydrogen-bond donors (Lipinski definition) is 4. The van der Waals surface area contributed by atoms with E-state index in [2.05, 4.69) is 42.9 Å². The molecule has 1 amide bonds. The Kier molecular flexibility index (Phi) is 5.21. The Morgan fingerprint density at radius 2 is 1.84 bits per heavy atom. The molecule has 7 rings (SSSR count). The van der Waals surface area contributed by atoms with E-state index in [9.17, 15) is 4.79 Å². The summed E-state index contributed by atoms with van der Waals surface area (Å²) in [6.45, 7) is 0.499. The number of hydrogen-bond acceptors (Lipinski definition) is 4. The van der Waals surface area contributed by atoms with Crippen molar-refractivity contribution in [3.8, 4) is 11.4 Å². The van der Waals surface area contributed by atoms with Gasteiger partial charge < -0.3 is 21.0 Å². The van der Waals surface area contributed by atoms with Gasteiger partial charge in [-0.2, -0.15) is 0 Å². The van der Waals surface area contributed by atoms with E-state index in [1.54, 1.807) is 12.4 Å². The van der Waals surface area contributed by atoms with Crippen LogP contribution in [-0.2, 0) is 5.41 Å². The van der Waals surface area contributed by atoms with Crippen molar-refractivity contribution < 1.29 is 4.79 Å². The third-order valence-corrected chi connectivity index (χ3v) is 8.07. The Balaban J connectivity index is 1.31. The second kappa shape index (κ2) is 8.76. The molecule has 0 aliphatic heterocycles. The molecule has 1 aliphatic carbocycles. The van der Waals surface area contributed by atoms with Crippen LogP contribution < -0.4 is 11.1 Å². The molecule has 8 nitrogen and oxygen atoms in total. The van der Waals surface area contributed by atoms with Crippen LogP contribution in [0.2, 0.25) is 0 Å². The minimum absolute atomic E-state index is 0.0784. The van der Waals surface area contributed by atoms with Crippen LogP contribution in [0, 0.1) is 0 Å². The monoisotopic (exact) mass is 503 g/mol. The highest BCUT2D eigenvalue weighted by Gasteiger charge is 2.39. The van der Waals surface area contributed by atoms with Crippen molar-refractivity contribution >= 4 is 39.0 Å². The first kappa shape index (κ1) is 22.6. The summed E-state index contributed by atoms with van der Waals surface area (Å²) in [6, 6.07) is 18.2. The topological polar surface area (TPSA) is 117 Å². The maximum Gasteiger partial charge on any atom is 0.253 e. The number of nitrogen functional groups attached to an aromatic ring is 1. The highest BCUT2D eigenvalue weighted by molar-refractivity contribution is 6.06. The SMILES string of the molecule is Nc1nccn2c(C3(CNC(=O)c4c[nH]c5ccccc45)CCCCC3)nc(-c3cc4ccccc4[nH]3)c12. The number of aromatic nitrogens is 5. The number of aromatic amines is 2. The number of carbonyl (C=O) groups excluding carboxylic acids is 1. The standard InChI is InChI=1S/C30H29N7O/c31-27-26-25(24-16-19-8-2-4-10-22(19)35-24)36-29(37(26)15-14-32-27)30(12-6-1-7-13-30)18-34-28(38)21-17-33-23-11-5-3-9-20(21)23/h2-5,8-11,14-17,33,35H,1,6-7,12-13,18H2,(H2,31,32)(H,34,38). The molecule has 38 heavy (non-hydrogen) atoms. The zero-order chi connectivity index (χ0) is 25.7. The molecule has 0 saturated heterocycles. The summed E-state index contributed by atoms with van der Waals surface area (Å²) < 4.78 is 2.09. The Morgan fingerprint density at radius 1 is 1.05 bits per heavy atom. The molecule has 0 bridgehead atoms. The van der Waals surface area contributed by atoms with E-state index >= 15 is 0 Å². The Morgan fingerprint density at radius 3 is 2.68 bits per heavy atom.